The number of carbonyl (C=O) groups is 1. The van der Waals surface area contributed by atoms with Crippen molar-refractivity contribution in [2.24, 2.45) is 0 Å². The lowest BCUT2D eigenvalue weighted by atomic mass is 9.98. The first kappa shape index (κ1) is 16.0. The average Bonchev–Trinajstić information content (AvgIpc) is 2.68. The molecule has 4 nitrogen and oxygen atoms in total. The van der Waals surface area contributed by atoms with E-state index in [0.29, 0.717) is 24.2 Å². The number of aliphatic hydroxyl groups excluding tert-OH is 1. The van der Waals surface area contributed by atoms with E-state index < -0.39 is 6.10 Å². The van der Waals surface area contributed by atoms with E-state index in [-0.39, 0.29) is 5.91 Å². The van der Waals surface area contributed by atoms with Crippen LogP contribution < -0.4 is 0 Å². The predicted molar refractivity (Wildman–Crippen MR) is 91.7 cm³/mol. The maximum Gasteiger partial charge on any atom is 0.256 e. The molecule has 1 aliphatic heterocycles. The molecule has 2 aromatic rings. The van der Waals surface area contributed by atoms with E-state index in [1.54, 1.807) is 29.2 Å². The fraction of sp³-hybridized carbons (Fsp3) is 0.200. The van der Waals surface area contributed by atoms with Gasteiger partial charge in [-0.3, -0.25) is 4.79 Å². The highest BCUT2D eigenvalue weighted by Gasteiger charge is 2.25. The first-order valence-corrected chi connectivity index (χ1v) is 7.90. The number of nitriles is 1. The summed E-state index contributed by atoms with van der Waals surface area (Å²) in [5, 5.41) is 19.1. The molecule has 0 saturated carbocycles. The molecular formula is C20H18N2O2. The molecule has 1 amide bonds. The van der Waals surface area contributed by atoms with Crippen LogP contribution >= 0.6 is 0 Å². The Labute approximate surface area is 141 Å². The van der Waals surface area contributed by atoms with E-state index >= 15 is 0 Å². The molecule has 2 aromatic carbocycles. The maximum atomic E-state index is 12.4. The predicted octanol–water partition coefficient (Wildman–Crippen LogP) is 2.91. The smallest absolute Gasteiger partial charge is 0.256 e. The molecule has 1 aliphatic rings. The van der Waals surface area contributed by atoms with E-state index in [1.807, 2.05) is 36.4 Å². The lowest BCUT2D eigenvalue weighted by molar-refractivity contribution is -0.140. The number of benzene rings is 2. The molecule has 0 radical (unpaired) electrons. The minimum Gasteiger partial charge on any atom is -0.378 e. The van der Waals surface area contributed by atoms with Gasteiger partial charge in [-0.15, -0.1) is 0 Å². The molecular weight excluding hydrogens is 300 g/mol. The number of nitrogens with zero attached hydrogens (tertiary/aromatic N) is 2. The molecule has 0 fully saturated rings. The standard InChI is InChI=1S/C20H18N2O2/c21-14-15-6-8-16(9-7-15)17-10-12-22(13-11-17)20(24)19(23)18-4-2-1-3-5-18/h1-10,19,23H,11-13H2. The maximum absolute atomic E-state index is 12.4. The van der Waals surface area contributed by atoms with Crippen molar-refractivity contribution in [2.45, 2.75) is 12.5 Å². The van der Waals surface area contributed by atoms with Crippen molar-refractivity contribution < 1.29 is 9.90 Å². The van der Waals surface area contributed by atoms with Gasteiger partial charge in [0.15, 0.2) is 6.10 Å². The lowest BCUT2D eigenvalue weighted by Crippen LogP contribution is -2.38. The summed E-state index contributed by atoms with van der Waals surface area (Å²) in [4.78, 5) is 14.1. The third-order valence-corrected chi connectivity index (χ3v) is 4.25. The van der Waals surface area contributed by atoms with Crippen LogP contribution in [0, 0.1) is 11.3 Å². The monoisotopic (exact) mass is 318 g/mol. The largest absolute Gasteiger partial charge is 0.378 e. The number of hydrogen-bond donors (Lipinski definition) is 1. The molecule has 0 saturated heterocycles. The minimum atomic E-state index is -1.11. The third kappa shape index (κ3) is 3.37. The van der Waals surface area contributed by atoms with Gasteiger partial charge < -0.3 is 10.0 Å². The molecule has 1 unspecified atom stereocenters. The number of hydrogen-bond acceptors (Lipinski definition) is 3. The quantitative estimate of drug-likeness (QED) is 0.946. The molecule has 1 atom stereocenters. The summed E-state index contributed by atoms with van der Waals surface area (Å²) in [6.45, 7) is 1.06. The second-order valence-corrected chi connectivity index (χ2v) is 5.77. The SMILES string of the molecule is N#Cc1ccc(C2=CCN(C(=O)C(O)c3ccccc3)CC2)cc1. The highest BCUT2D eigenvalue weighted by molar-refractivity contribution is 5.83. The second-order valence-electron chi connectivity index (χ2n) is 5.77. The van der Waals surface area contributed by atoms with E-state index in [0.717, 1.165) is 17.6 Å². The summed E-state index contributed by atoms with van der Waals surface area (Å²) in [6.07, 6.45) is 1.63. The number of carbonyl (C=O) groups excluding carboxylic acids is 1. The van der Waals surface area contributed by atoms with Crippen LogP contribution in [-0.4, -0.2) is 29.0 Å². The van der Waals surface area contributed by atoms with Crippen LogP contribution in [0.1, 0.15) is 29.2 Å². The molecule has 4 heteroatoms. The molecule has 0 aliphatic carbocycles. The van der Waals surface area contributed by atoms with Crippen molar-refractivity contribution in [3.63, 3.8) is 0 Å². The van der Waals surface area contributed by atoms with Crippen molar-refractivity contribution in [3.05, 3.63) is 77.4 Å². The average molecular weight is 318 g/mol. The number of amides is 1. The van der Waals surface area contributed by atoms with Crippen LogP contribution in [0.3, 0.4) is 0 Å². The fourth-order valence-electron chi connectivity index (χ4n) is 2.84. The van der Waals surface area contributed by atoms with E-state index in [2.05, 4.69) is 6.07 Å². The lowest BCUT2D eigenvalue weighted by Gasteiger charge is -2.28. The Morgan fingerprint density at radius 1 is 1.12 bits per heavy atom. The van der Waals surface area contributed by atoms with Crippen molar-refractivity contribution in [1.82, 2.24) is 4.90 Å². The Kier molecular flexibility index (Phi) is 4.74. The summed E-state index contributed by atoms with van der Waals surface area (Å²) >= 11 is 0. The van der Waals surface area contributed by atoms with Gasteiger partial charge in [-0.25, -0.2) is 0 Å². The van der Waals surface area contributed by atoms with Crippen LogP contribution in [0.4, 0.5) is 0 Å². The van der Waals surface area contributed by atoms with Gasteiger partial charge in [-0.1, -0.05) is 48.5 Å². The molecule has 0 spiro atoms. The Hall–Kier alpha value is -2.90. The van der Waals surface area contributed by atoms with Crippen LogP contribution in [0.2, 0.25) is 0 Å². The van der Waals surface area contributed by atoms with Gasteiger partial charge in [0.2, 0.25) is 0 Å². The highest BCUT2D eigenvalue weighted by atomic mass is 16.3. The van der Waals surface area contributed by atoms with Gasteiger partial charge in [0.25, 0.3) is 5.91 Å². The Balaban J connectivity index is 1.68. The summed E-state index contributed by atoms with van der Waals surface area (Å²) in [7, 11) is 0. The highest BCUT2D eigenvalue weighted by Crippen LogP contribution is 2.24. The van der Waals surface area contributed by atoms with E-state index in [1.165, 1.54) is 0 Å². The molecule has 0 bridgehead atoms. The topological polar surface area (TPSA) is 64.3 Å². The van der Waals surface area contributed by atoms with Gasteiger partial charge in [0.1, 0.15) is 0 Å². The van der Waals surface area contributed by atoms with Gasteiger partial charge in [-0.05, 0) is 35.3 Å². The van der Waals surface area contributed by atoms with Gasteiger partial charge >= 0.3 is 0 Å². The summed E-state index contributed by atoms with van der Waals surface area (Å²) in [6, 6.07) is 18.6. The van der Waals surface area contributed by atoms with E-state index in [9.17, 15) is 9.90 Å². The first-order valence-electron chi connectivity index (χ1n) is 7.90. The summed E-state index contributed by atoms with van der Waals surface area (Å²) < 4.78 is 0. The van der Waals surface area contributed by atoms with Crippen LogP contribution in [0.25, 0.3) is 5.57 Å². The van der Waals surface area contributed by atoms with Crippen molar-refractivity contribution >= 4 is 11.5 Å². The Morgan fingerprint density at radius 2 is 1.83 bits per heavy atom. The van der Waals surface area contributed by atoms with Gasteiger partial charge in [-0.2, -0.15) is 5.26 Å². The van der Waals surface area contributed by atoms with Crippen molar-refractivity contribution in [3.8, 4) is 6.07 Å². The second kappa shape index (κ2) is 7.12. The molecule has 3 rings (SSSR count). The first-order chi connectivity index (χ1) is 11.7. The fourth-order valence-corrected chi connectivity index (χ4v) is 2.84. The molecule has 1 N–H and O–H groups in total. The molecule has 120 valence electrons. The summed E-state index contributed by atoms with van der Waals surface area (Å²) in [5.74, 6) is -0.267. The third-order valence-electron chi connectivity index (χ3n) is 4.25. The zero-order valence-electron chi connectivity index (χ0n) is 13.2. The normalized spacial score (nSPS) is 15.3. The zero-order chi connectivity index (χ0) is 16.9. The molecule has 24 heavy (non-hydrogen) atoms. The van der Waals surface area contributed by atoms with Crippen molar-refractivity contribution in [2.75, 3.05) is 13.1 Å². The Morgan fingerprint density at radius 3 is 2.42 bits per heavy atom. The summed E-state index contributed by atoms with van der Waals surface area (Å²) in [5.41, 5.74) is 3.49. The number of aliphatic hydroxyl groups is 1. The van der Waals surface area contributed by atoms with Gasteiger partial charge in [0, 0.05) is 13.1 Å². The van der Waals surface area contributed by atoms with Crippen LogP contribution in [-0.2, 0) is 4.79 Å². The number of rotatable bonds is 3. The van der Waals surface area contributed by atoms with E-state index in [4.69, 9.17) is 5.26 Å². The zero-order valence-corrected chi connectivity index (χ0v) is 13.2. The van der Waals surface area contributed by atoms with Crippen LogP contribution in [0.15, 0.2) is 60.7 Å². The van der Waals surface area contributed by atoms with Crippen LogP contribution in [0.5, 0.6) is 0 Å². The molecule has 0 aromatic heterocycles. The van der Waals surface area contributed by atoms with Crippen molar-refractivity contribution in [1.29, 1.82) is 5.26 Å². The van der Waals surface area contributed by atoms with Gasteiger partial charge in [0.05, 0.1) is 11.6 Å². The Bertz CT molecular complexity index is 789. The molecule has 1 heterocycles. The minimum absolute atomic E-state index is 0.267.